The van der Waals surface area contributed by atoms with Gasteiger partial charge in [0.2, 0.25) is 0 Å². The third kappa shape index (κ3) is 3.11. The summed E-state index contributed by atoms with van der Waals surface area (Å²) in [5.41, 5.74) is 11.6. The van der Waals surface area contributed by atoms with E-state index in [0.717, 1.165) is 22.1 Å². The highest BCUT2D eigenvalue weighted by atomic mass is 28.3. The zero-order valence-electron chi connectivity index (χ0n) is 22.8. The summed E-state index contributed by atoms with van der Waals surface area (Å²) < 4.78 is 8.46. The number of nitrogens with zero attached hydrogens (tertiary/aromatic N) is 2. The molecule has 4 heterocycles. The molecule has 0 unspecified atom stereocenters. The van der Waals surface area contributed by atoms with Gasteiger partial charge in [-0.3, -0.25) is 4.98 Å². The molecule has 0 amide bonds. The van der Waals surface area contributed by atoms with E-state index in [1.807, 2.05) is 18.3 Å². The SMILES string of the molecule is C[Si]1(C)c2cc(-c3ccc4oc5cccnc5c4c3)ccc2-c2ccc(-n3c4ccccc4c4ccccc43)cc21. The first-order valence-electron chi connectivity index (χ1n) is 14.1. The molecule has 3 nitrogen and oxygen atoms in total. The van der Waals surface area contributed by atoms with Crippen molar-refractivity contribution in [2.45, 2.75) is 13.1 Å². The van der Waals surface area contributed by atoms with Gasteiger partial charge in [-0.15, -0.1) is 0 Å². The standard InChI is InChI=1S/C37H26N2OSi/c1-41(2)35-21-24(23-14-18-33-30(20-23)37-34(40-33)12-7-19-38-37)13-16-28(35)29-17-15-25(22-36(29)41)39-31-10-5-3-8-26(31)27-9-4-6-11-32(27)39/h3-22H,1-2H3. The lowest BCUT2D eigenvalue weighted by atomic mass is 9.99. The van der Waals surface area contributed by atoms with E-state index in [2.05, 4.69) is 126 Å². The average molecular weight is 543 g/mol. The number of aromatic nitrogens is 2. The van der Waals surface area contributed by atoms with Crippen molar-refractivity contribution in [1.29, 1.82) is 0 Å². The second kappa shape index (κ2) is 8.06. The smallest absolute Gasteiger partial charge is 0.153 e. The van der Waals surface area contributed by atoms with Crippen LogP contribution in [0.15, 0.2) is 126 Å². The minimum atomic E-state index is -1.95. The number of hydrogen-bond donors (Lipinski definition) is 0. The molecule has 0 saturated carbocycles. The van der Waals surface area contributed by atoms with Crippen LogP contribution in [0.2, 0.25) is 13.1 Å². The molecule has 1 aliphatic rings. The molecule has 9 rings (SSSR count). The monoisotopic (exact) mass is 542 g/mol. The van der Waals surface area contributed by atoms with Gasteiger partial charge in [0.15, 0.2) is 5.58 Å². The van der Waals surface area contributed by atoms with Crippen LogP contribution in [-0.4, -0.2) is 17.6 Å². The molecule has 0 N–H and O–H groups in total. The number of hydrogen-bond acceptors (Lipinski definition) is 2. The van der Waals surface area contributed by atoms with Gasteiger partial charge in [0.05, 0.1) is 11.0 Å². The van der Waals surface area contributed by atoms with E-state index in [1.165, 1.54) is 60.1 Å². The fourth-order valence-corrected chi connectivity index (χ4v) is 10.1. The molecule has 5 aromatic carbocycles. The van der Waals surface area contributed by atoms with Gasteiger partial charge in [-0.25, -0.2) is 0 Å². The maximum absolute atomic E-state index is 6.03. The number of furan rings is 1. The van der Waals surface area contributed by atoms with Crippen LogP contribution >= 0.6 is 0 Å². The minimum Gasteiger partial charge on any atom is -0.454 e. The Balaban J connectivity index is 1.19. The van der Waals surface area contributed by atoms with Gasteiger partial charge < -0.3 is 8.98 Å². The highest BCUT2D eigenvalue weighted by Gasteiger charge is 2.38. The van der Waals surface area contributed by atoms with Crippen molar-refractivity contribution in [2.24, 2.45) is 0 Å². The Morgan fingerprint density at radius 2 is 1.24 bits per heavy atom. The molecule has 1 aliphatic heterocycles. The first-order chi connectivity index (χ1) is 20.1. The lowest BCUT2D eigenvalue weighted by molar-refractivity contribution is 0.668. The predicted octanol–water partition coefficient (Wildman–Crippen LogP) is 8.55. The Kier molecular flexibility index (Phi) is 4.49. The maximum atomic E-state index is 6.03. The average Bonchev–Trinajstić information content (AvgIpc) is 3.62. The van der Waals surface area contributed by atoms with Crippen LogP contribution in [0.25, 0.3) is 71.8 Å². The Bertz CT molecular complexity index is 2300. The van der Waals surface area contributed by atoms with Crippen molar-refractivity contribution >= 4 is 62.3 Å². The van der Waals surface area contributed by atoms with E-state index in [-0.39, 0.29) is 0 Å². The van der Waals surface area contributed by atoms with Crippen molar-refractivity contribution in [3.8, 4) is 27.9 Å². The first kappa shape index (κ1) is 22.8. The lowest BCUT2D eigenvalue weighted by Crippen LogP contribution is -2.49. The molecule has 41 heavy (non-hydrogen) atoms. The summed E-state index contributed by atoms with van der Waals surface area (Å²) in [6.45, 7) is 4.99. The van der Waals surface area contributed by atoms with E-state index in [0.29, 0.717) is 0 Å². The molecule has 3 aromatic heterocycles. The highest BCUT2D eigenvalue weighted by molar-refractivity contribution is 7.03. The van der Waals surface area contributed by atoms with Crippen LogP contribution in [0.5, 0.6) is 0 Å². The van der Waals surface area contributed by atoms with Crippen molar-refractivity contribution < 1.29 is 4.42 Å². The van der Waals surface area contributed by atoms with Crippen LogP contribution in [0.1, 0.15) is 0 Å². The Morgan fingerprint density at radius 1 is 0.585 bits per heavy atom. The Hall–Kier alpha value is -4.93. The number of pyridine rings is 1. The largest absolute Gasteiger partial charge is 0.454 e. The second-order valence-corrected chi connectivity index (χ2v) is 16.0. The number of para-hydroxylation sites is 2. The molecule has 4 heteroatoms. The topological polar surface area (TPSA) is 31.0 Å². The van der Waals surface area contributed by atoms with Crippen molar-refractivity contribution in [1.82, 2.24) is 9.55 Å². The van der Waals surface area contributed by atoms with Gasteiger partial charge in [-0.05, 0) is 81.2 Å². The molecule has 0 fully saturated rings. The lowest BCUT2D eigenvalue weighted by Gasteiger charge is -2.20. The molecule has 0 saturated heterocycles. The van der Waals surface area contributed by atoms with Crippen LogP contribution in [-0.2, 0) is 0 Å². The molecular formula is C37H26N2OSi. The summed E-state index contributed by atoms with van der Waals surface area (Å²) in [5.74, 6) is 0. The van der Waals surface area contributed by atoms with Crippen LogP contribution in [0.4, 0.5) is 0 Å². The summed E-state index contributed by atoms with van der Waals surface area (Å²) in [5, 5.41) is 6.66. The number of fused-ring (bicyclic) bond motifs is 9. The fourth-order valence-electron chi connectivity index (χ4n) is 7.02. The predicted molar refractivity (Wildman–Crippen MR) is 173 cm³/mol. The van der Waals surface area contributed by atoms with Gasteiger partial charge in [0.1, 0.15) is 19.2 Å². The normalized spacial score (nSPS) is 13.8. The van der Waals surface area contributed by atoms with Crippen LogP contribution in [0.3, 0.4) is 0 Å². The van der Waals surface area contributed by atoms with E-state index in [4.69, 9.17) is 4.42 Å². The summed E-state index contributed by atoms with van der Waals surface area (Å²) in [4.78, 5) is 4.59. The van der Waals surface area contributed by atoms with Gasteiger partial charge >= 0.3 is 0 Å². The third-order valence-corrected chi connectivity index (χ3v) is 12.6. The summed E-state index contributed by atoms with van der Waals surface area (Å²) in [6.07, 6.45) is 1.83. The van der Waals surface area contributed by atoms with Crippen molar-refractivity contribution in [3.05, 3.63) is 121 Å². The van der Waals surface area contributed by atoms with Crippen molar-refractivity contribution in [3.63, 3.8) is 0 Å². The first-order valence-corrected chi connectivity index (χ1v) is 17.1. The highest BCUT2D eigenvalue weighted by Crippen LogP contribution is 2.36. The zero-order valence-corrected chi connectivity index (χ0v) is 23.8. The van der Waals surface area contributed by atoms with Crippen LogP contribution < -0.4 is 10.4 Å². The van der Waals surface area contributed by atoms with E-state index in [1.54, 1.807) is 0 Å². The van der Waals surface area contributed by atoms with Gasteiger partial charge in [0, 0.05) is 28.0 Å². The molecule has 0 spiro atoms. The maximum Gasteiger partial charge on any atom is 0.153 e. The molecule has 0 atom stereocenters. The molecule has 0 radical (unpaired) electrons. The summed E-state index contributed by atoms with van der Waals surface area (Å²) in [7, 11) is -1.95. The van der Waals surface area contributed by atoms with Crippen LogP contribution in [0, 0.1) is 0 Å². The van der Waals surface area contributed by atoms with Gasteiger partial charge in [-0.1, -0.05) is 79.8 Å². The molecule has 8 aromatic rings. The molecular weight excluding hydrogens is 517 g/mol. The zero-order chi connectivity index (χ0) is 27.3. The molecule has 194 valence electrons. The van der Waals surface area contributed by atoms with Gasteiger partial charge in [0.25, 0.3) is 0 Å². The van der Waals surface area contributed by atoms with E-state index in [9.17, 15) is 0 Å². The number of rotatable bonds is 2. The number of benzene rings is 5. The summed E-state index contributed by atoms with van der Waals surface area (Å²) in [6, 6.07) is 42.0. The Labute approximate surface area is 238 Å². The van der Waals surface area contributed by atoms with E-state index < -0.39 is 8.07 Å². The van der Waals surface area contributed by atoms with Crippen molar-refractivity contribution in [2.75, 3.05) is 0 Å². The second-order valence-electron chi connectivity index (χ2n) is 11.6. The minimum absolute atomic E-state index is 0.830. The summed E-state index contributed by atoms with van der Waals surface area (Å²) >= 11 is 0. The molecule has 0 aliphatic carbocycles. The third-order valence-electron chi connectivity index (χ3n) is 9.06. The van der Waals surface area contributed by atoms with Gasteiger partial charge in [-0.2, -0.15) is 0 Å². The Morgan fingerprint density at radius 3 is 2.02 bits per heavy atom. The fraction of sp³-hybridized carbons (Fsp3) is 0.0541. The van der Waals surface area contributed by atoms with E-state index >= 15 is 0 Å². The molecule has 0 bridgehead atoms. The quantitative estimate of drug-likeness (QED) is 0.205.